The van der Waals surface area contributed by atoms with Gasteiger partial charge in [-0.05, 0) is 89.9 Å². The number of rotatable bonds is 45. The van der Waals surface area contributed by atoms with Crippen molar-refractivity contribution < 1.29 is 64.6 Å². The molecule has 1 amide bonds. The smallest absolute Gasteiger partial charge is 0.220 e. The lowest BCUT2D eigenvalue weighted by Crippen LogP contribution is -2.65. The first kappa shape index (κ1) is 70.5. The summed E-state index contributed by atoms with van der Waals surface area (Å²) in [6.45, 7) is 2.53. The van der Waals surface area contributed by atoms with Crippen LogP contribution in [0.1, 0.15) is 181 Å². The standard InChI is InChI=1S/C64H105NO13/c1-3-5-7-8-9-10-11-12-13-14-15-16-17-18-19-20-21-22-23-24-25-26-27-28-29-30-31-32-33-34-35-36-37-38-39-40-41-42-43-44-46-48-56(69)65-52(53(68)47-45-6-4-2)51-75-63-61(74)59(72)62(55(50-67)77-63)78-64-60(73)58(71)57(70)54(49-66)76-64/h5,7,9-10,12-13,15-16,18-19,21-22,24-25,27-28,30-31,33-34,52-55,57-64,66-68,70-74H,3-4,6,8,11,14,17,20,23,26,29,32,35-51H2,1-2H3,(H,65,69)/b7-5-,10-9-,13-12-,16-15-,19-18-,22-21-,25-24-,28-27-,31-30-,34-33-. The van der Waals surface area contributed by atoms with E-state index in [2.05, 4.69) is 134 Å². The van der Waals surface area contributed by atoms with Gasteiger partial charge >= 0.3 is 0 Å². The van der Waals surface area contributed by atoms with Crippen LogP contribution in [-0.4, -0.2) is 140 Å². The summed E-state index contributed by atoms with van der Waals surface area (Å²) < 4.78 is 22.6. The number of hydrogen-bond donors (Lipinski definition) is 9. The van der Waals surface area contributed by atoms with Crippen molar-refractivity contribution in [3.05, 3.63) is 122 Å². The van der Waals surface area contributed by atoms with E-state index in [9.17, 15) is 45.6 Å². The lowest BCUT2D eigenvalue weighted by molar-refractivity contribution is -0.359. The van der Waals surface area contributed by atoms with Crippen LogP contribution < -0.4 is 5.32 Å². The van der Waals surface area contributed by atoms with Gasteiger partial charge in [0.2, 0.25) is 5.91 Å². The van der Waals surface area contributed by atoms with E-state index in [1.165, 1.54) is 38.5 Å². The molecule has 0 aliphatic carbocycles. The highest BCUT2D eigenvalue weighted by Gasteiger charge is 2.51. The number of nitrogens with one attached hydrogen (secondary N) is 1. The fourth-order valence-corrected chi connectivity index (χ4v) is 8.91. The van der Waals surface area contributed by atoms with Crippen molar-refractivity contribution in [2.75, 3.05) is 19.8 Å². The van der Waals surface area contributed by atoms with Gasteiger partial charge < -0.3 is 65.1 Å². The number of ether oxygens (including phenoxy) is 4. The highest BCUT2D eigenvalue weighted by atomic mass is 16.7. The summed E-state index contributed by atoms with van der Waals surface area (Å²) >= 11 is 0. The molecule has 0 bridgehead atoms. The normalized spacial score (nSPS) is 25.5. The SMILES string of the molecule is CC/C=C\C/C=C\C/C=C\C/C=C\C/C=C\C/C=C\C/C=C\C/C=C\C/C=C\C/C=C\CCCCCCCCCCCCC(=O)NC(COC1OC(CO)C(OC2OC(CO)C(O)C(O)C2O)C(O)C1O)C(O)CCCCC. The molecule has 14 nitrogen and oxygen atoms in total. The van der Waals surface area contributed by atoms with Gasteiger partial charge in [0.05, 0.1) is 32.0 Å². The van der Waals surface area contributed by atoms with Crippen molar-refractivity contribution in [2.45, 2.75) is 254 Å². The fraction of sp³-hybridized carbons (Fsp3) is 0.672. The van der Waals surface area contributed by atoms with Gasteiger partial charge in [-0.15, -0.1) is 0 Å². The van der Waals surface area contributed by atoms with Gasteiger partial charge in [-0.2, -0.15) is 0 Å². The summed E-state index contributed by atoms with van der Waals surface area (Å²) in [7, 11) is 0. The molecule has 78 heavy (non-hydrogen) atoms. The summed E-state index contributed by atoms with van der Waals surface area (Å²) in [4.78, 5) is 13.1. The highest BCUT2D eigenvalue weighted by molar-refractivity contribution is 5.76. The van der Waals surface area contributed by atoms with Crippen LogP contribution in [0, 0.1) is 0 Å². The minimum Gasteiger partial charge on any atom is -0.394 e. The number of amides is 1. The molecule has 2 saturated heterocycles. The second kappa shape index (κ2) is 48.1. The number of carbonyl (C=O) groups is 1. The Bertz CT molecular complexity index is 1770. The number of carbonyl (C=O) groups excluding carboxylic acids is 1. The Morgan fingerprint density at radius 2 is 0.885 bits per heavy atom. The molecule has 2 heterocycles. The van der Waals surface area contributed by atoms with E-state index in [0.29, 0.717) is 12.8 Å². The van der Waals surface area contributed by atoms with Crippen LogP contribution in [0.2, 0.25) is 0 Å². The van der Waals surface area contributed by atoms with Crippen LogP contribution in [0.15, 0.2) is 122 Å². The molecular formula is C64H105NO13. The van der Waals surface area contributed by atoms with Gasteiger partial charge in [-0.3, -0.25) is 4.79 Å². The van der Waals surface area contributed by atoms with Gasteiger partial charge in [0.25, 0.3) is 0 Å². The Labute approximate surface area is 469 Å². The summed E-state index contributed by atoms with van der Waals surface area (Å²) in [5.41, 5.74) is 0. The van der Waals surface area contributed by atoms with Crippen LogP contribution in [0.4, 0.5) is 0 Å². The van der Waals surface area contributed by atoms with Gasteiger partial charge in [-0.25, -0.2) is 0 Å². The van der Waals surface area contributed by atoms with E-state index in [-0.39, 0.29) is 18.9 Å². The molecule has 0 spiro atoms. The first-order chi connectivity index (χ1) is 38.1. The van der Waals surface area contributed by atoms with Crippen LogP contribution in [0.25, 0.3) is 0 Å². The zero-order valence-corrected chi connectivity index (χ0v) is 47.6. The van der Waals surface area contributed by atoms with Crippen molar-refractivity contribution in [1.82, 2.24) is 5.32 Å². The van der Waals surface area contributed by atoms with E-state index in [1.807, 2.05) is 6.92 Å². The summed E-state index contributed by atoms with van der Waals surface area (Å²) in [5.74, 6) is -0.230. The Hall–Kier alpha value is -3.61. The molecule has 12 atom stereocenters. The van der Waals surface area contributed by atoms with Crippen molar-refractivity contribution in [2.24, 2.45) is 0 Å². The predicted octanol–water partition coefficient (Wildman–Crippen LogP) is 10.2. The summed E-state index contributed by atoms with van der Waals surface area (Å²) in [6.07, 6.45) is 53.4. The average Bonchev–Trinajstić information content (AvgIpc) is 3.44. The Morgan fingerprint density at radius 3 is 1.33 bits per heavy atom. The molecule has 14 heteroatoms. The molecule has 9 N–H and O–H groups in total. The Morgan fingerprint density at radius 1 is 0.474 bits per heavy atom. The predicted molar refractivity (Wildman–Crippen MR) is 313 cm³/mol. The Balaban J connectivity index is 1.49. The molecule has 444 valence electrons. The maximum absolute atomic E-state index is 13.1. The minimum atomic E-state index is -1.78. The molecule has 0 radical (unpaired) electrons. The van der Waals surface area contributed by atoms with Crippen molar-refractivity contribution in [1.29, 1.82) is 0 Å². The second-order valence-corrected chi connectivity index (χ2v) is 20.4. The van der Waals surface area contributed by atoms with Gasteiger partial charge in [0, 0.05) is 6.42 Å². The second-order valence-electron chi connectivity index (χ2n) is 20.4. The van der Waals surface area contributed by atoms with E-state index in [0.717, 1.165) is 109 Å². The van der Waals surface area contributed by atoms with E-state index < -0.39 is 86.8 Å². The molecule has 0 aromatic heterocycles. The molecule has 2 aliphatic rings. The fourth-order valence-electron chi connectivity index (χ4n) is 8.91. The van der Waals surface area contributed by atoms with Crippen LogP contribution in [0.3, 0.4) is 0 Å². The molecule has 12 unspecified atom stereocenters. The average molecular weight is 1100 g/mol. The molecule has 0 saturated carbocycles. The van der Waals surface area contributed by atoms with Crippen LogP contribution >= 0.6 is 0 Å². The molecule has 2 fully saturated rings. The number of aliphatic hydroxyl groups excluding tert-OH is 8. The molecule has 0 aromatic rings. The molecule has 2 aliphatic heterocycles. The maximum atomic E-state index is 13.1. The number of aliphatic hydroxyl groups is 8. The summed E-state index contributed by atoms with van der Waals surface area (Å²) in [6, 6.07) is -0.834. The molecule has 0 aromatic carbocycles. The third-order valence-electron chi connectivity index (χ3n) is 13.7. The van der Waals surface area contributed by atoms with E-state index in [1.54, 1.807) is 0 Å². The first-order valence-corrected chi connectivity index (χ1v) is 29.8. The number of hydrogen-bond acceptors (Lipinski definition) is 13. The van der Waals surface area contributed by atoms with Crippen LogP contribution in [-0.2, 0) is 23.7 Å². The minimum absolute atomic E-state index is 0.230. The lowest BCUT2D eigenvalue weighted by Gasteiger charge is -2.46. The van der Waals surface area contributed by atoms with Crippen molar-refractivity contribution in [3.8, 4) is 0 Å². The number of unbranched alkanes of at least 4 members (excludes halogenated alkanes) is 12. The monoisotopic (exact) mass is 1100 g/mol. The molecular weight excluding hydrogens is 991 g/mol. The zero-order valence-electron chi connectivity index (χ0n) is 47.6. The van der Waals surface area contributed by atoms with Crippen LogP contribution in [0.5, 0.6) is 0 Å². The highest BCUT2D eigenvalue weighted by Crippen LogP contribution is 2.30. The van der Waals surface area contributed by atoms with Gasteiger partial charge in [0.1, 0.15) is 48.8 Å². The third kappa shape index (κ3) is 33.2. The van der Waals surface area contributed by atoms with Gasteiger partial charge in [0.15, 0.2) is 12.6 Å². The number of allylic oxidation sites excluding steroid dienone is 20. The maximum Gasteiger partial charge on any atom is 0.220 e. The Kier molecular flexibility index (Phi) is 43.5. The van der Waals surface area contributed by atoms with Gasteiger partial charge in [-0.1, -0.05) is 206 Å². The summed E-state index contributed by atoms with van der Waals surface area (Å²) in [5, 5.41) is 86.2. The molecule has 2 rings (SSSR count). The van der Waals surface area contributed by atoms with E-state index in [4.69, 9.17) is 18.9 Å². The first-order valence-electron chi connectivity index (χ1n) is 29.8. The van der Waals surface area contributed by atoms with Crippen molar-refractivity contribution in [3.63, 3.8) is 0 Å². The van der Waals surface area contributed by atoms with E-state index >= 15 is 0 Å². The topological polar surface area (TPSA) is 228 Å². The largest absolute Gasteiger partial charge is 0.394 e. The zero-order chi connectivity index (χ0) is 56.7. The quantitative estimate of drug-likeness (QED) is 0.0205. The van der Waals surface area contributed by atoms with Crippen molar-refractivity contribution >= 4 is 5.91 Å². The third-order valence-corrected chi connectivity index (χ3v) is 13.7. The lowest BCUT2D eigenvalue weighted by atomic mass is 9.97.